The van der Waals surface area contributed by atoms with Crippen molar-refractivity contribution >= 4 is 5.97 Å². The highest BCUT2D eigenvalue weighted by Crippen LogP contribution is 2.63. The molecular weight excluding hydrogens is 284 g/mol. The average molecular weight is 316 g/mol. The largest absolute Gasteiger partial charge is 0.469 e. The van der Waals surface area contributed by atoms with Gasteiger partial charge in [0.2, 0.25) is 0 Å². The zero-order valence-corrected chi connectivity index (χ0v) is 15.3. The Balaban J connectivity index is 1.99. The molecule has 0 heterocycles. The second-order valence-corrected chi connectivity index (χ2v) is 8.89. The number of allylic oxidation sites excluding steroid dienone is 3. The first-order chi connectivity index (χ1) is 10.8. The first-order valence-electron chi connectivity index (χ1n) is 9.22. The van der Waals surface area contributed by atoms with Crippen molar-refractivity contribution in [2.45, 2.75) is 72.1 Å². The van der Waals surface area contributed by atoms with Crippen molar-refractivity contribution in [1.82, 2.24) is 0 Å². The highest BCUT2D eigenvalue weighted by Gasteiger charge is 2.56. The van der Waals surface area contributed by atoms with E-state index in [2.05, 4.69) is 33.4 Å². The molecule has 0 spiro atoms. The number of ether oxygens (including phenoxy) is 1. The maximum Gasteiger partial charge on any atom is 0.311 e. The Morgan fingerprint density at radius 2 is 1.96 bits per heavy atom. The normalized spacial score (nSPS) is 43.4. The van der Waals surface area contributed by atoms with E-state index >= 15 is 0 Å². The summed E-state index contributed by atoms with van der Waals surface area (Å²) in [5, 5.41) is 0. The molecule has 4 atom stereocenters. The van der Waals surface area contributed by atoms with Gasteiger partial charge in [0.25, 0.3) is 0 Å². The van der Waals surface area contributed by atoms with Crippen LogP contribution in [0.1, 0.15) is 72.1 Å². The average Bonchev–Trinajstić information content (AvgIpc) is 2.53. The van der Waals surface area contributed by atoms with Crippen LogP contribution in [0.15, 0.2) is 23.8 Å². The molecule has 1 fully saturated rings. The minimum Gasteiger partial charge on any atom is -0.469 e. The van der Waals surface area contributed by atoms with Crippen LogP contribution in [-0.2, 0) is 9.53 Å². The van der Waals surface area contributed by atoms with Crippen LogP contribution < -0.4 is 0 Å². The molecule has 3 aliphatic carbocycles. The molecule has 0 amide bonds. The molecule has 0 N–H and O–H groups in total. The molecule has 0 radical (unpaired) electrons. The van der Waals surface area contributed by atoms with Gasteiger partial charge in [0.15, 0.2) is 0 Å². The Morgan fingerprint density at radius 1 is 1.22 bits per heavy atom. The molecule has 0 saturated heterocycles. The third-order valence-corrected chi connectivity index (χ3v) is 7.49. The number of hydrogen-bond donors (Lipinski definition) is 0. The van der Waals surface area contributed by atoms with Crippen LogP contribution in [0.3, 0.4) is 0 Å². The van der Waals surface area contributed by atoms with Crippen LogP contribution in [0.25, 0.3) is 0 Å². The monoisotopic (exact) mass is 316 g/mol. The van der Waals surface area contributed by atoms with E-state index in [4.69, 9.17) is 4.74 Å². The van der Waals surface area contributed by atoms with Crippen molar-refractivity contribution in [1.29, 1.82) is 0 Å². The zero-order chi connectivity index (χ0) is 16.9. The van der Waals surface area contributed by atoms with Gasteiger partial charge in [0.1, 0.15) is 0 Å². The Bertz CT molecular complexity index is 560. The van der Waals surface area contributed by atoms with Gasteiger partial charge in [0, 0.05) is 0 Å². The van der Waals surface area contributed by atoms with Gasteiger partial charge in [-0.2, -0.15) is 0 Å². The molecule has 128 valence electrons. The minimum absolute atomic E-state index is 0.00390. The predicted octanol–water partition coefficient (Wildman–Crippen LogP) is 5.44. The molecule has 3 aliphatic rings. The molecule has 0 aromatic carbocycles. The molecule has 1 saturated carbocycles. The molecule has 0 bridgehead atoms. The third-order valence-electron chi connectivity index (χ3n) is 7.49. The molecule has 0 aliphatic heterocycles. The summed E-state index contributed by atoms with van der Waals surface area (Å²) in [4.78, 5) is 12.5. The van der Waals surface area contributed by atoms with Crippen molar-refractivity contribution in [3.8, 4) is 0 Å². The van der Waals surface area contributed by atoms with E-state index in [1.54, 1.807) is 18.3 Å². The summed E-state index contributed by atoms with van der Waals surface area (Å²) in [6, 6.07) is 0. The summed E-state index contributed by atoms with van der Waals surface area (Å²) in [5.41, 5.74) is 3.51. The van der Waals surface area contributed by atoms with E-state index in [0.717, 1.165) is 25.7 Å². The van der Waals surface area contributed by atoms with Gasteiger partial charge < -0.3 is 4.74 Å². The number of hydrogen-bond acceptors (Lipinski definition) is 2. The summed E-state index contributed by atoms with van der Waals surface area (Å²) in [7, 11) is 1.54. The Kier molecular flexibility index (Phi) is 4.01. The summed E-state index contributed by atoms with van der Waals surface area (Å²) in [5.74, 6) is 0.437. The number of esters is 1. The lowest BCUT2D eigenvalue weighted by Crippen LogP contribution is -2.51. The molecule has 2 heteroatoms. The van der Waals surface area contributed by atoms with Crippen molar-refractivity contribution in [2.24, 2.45) is 22.2 Å². The van der Waals surface area contributed by atoms with E-state index in [9.17, 15) is 4.79 Å². The standard InChI is InChI=1S/C21H32O2/c1-6-19(2)13-10-16-15(14-19)8-9-17-20(16,3)11-7-12-21(17,4)18(22)23-5/h6,17H,1,7-14H2,2-5H3/t17-,19-,20-,21+/m0/s1. The van der Waals surface area contributed by atoms with Gasteiger partial charge in [-0.25, -0.2) is 0 Å². The molecule has 0 aromatic rings. The van der Waals surface area contributed by atoms with Gasteiger partial charge in [-0.05, 0) is 68.6 Å². The lowest BCUT2D eigenvalue weighted by atomic mass is 9.47. The fraction of sp³-hybridized carbons (Fsp3) is 0.762. The first kappa shape index (κ1) is 16.8. The predicted molar refractivity (Wildman–Crippen MR) is 94.0 cm³/mol. The van der Waals surface area contributed by atoms with Crippen LogP contribution in [0.4, 0.5) is 0 Å². The molecular formula is C21H32O2. The molecule has 0 aromatic heterocycles. The Morgan fingerprint density at radius 3 is 2.61 bits per heavy atom. The lowest BCUT2D eigenvalue weighted by molar-refractivity contribution is -0.163. The number of carbonyl (C=O) groups is 1. The fourth-order valence-corrected chi connectivity index (χ4v) is 6.04. The summed E-state index contributed by atoms with van der Waals surface area (Å²) in [6.45, 7) is 11.0. The number of rotatable bonds is 2. The highest BCUT2D eigenvalue weighted by atomic mass is 16.5. The quantitative estimate of drug-likeness (QED) is 0.501. The van der Waals surface area contributed by atoms with Crippen molar-refractivity contribution in [3.63, 3.8) is 0 Å². The minimum atomic E-state index is -0.306. The van der Waals surface area contributed by atoms with Gasteiger partial charge in [-0.15, -0.1) is 6.58 Å². The second-order valence-electron chi connectivity index (χ2n) is 8.89. The molecule has 23 heavy (non-hydrogen) atoms. The SMILES string of the molecule is C=C[C@@]1(C)CCC2=C(CC[C@@H]3[C@](C)(C(=O)OC)CCC[C@@]23C)C1. The van der Waals surface area contributed by atoms with Crippen LogP contribution >= 0.6 is 0 Å². The highest BCUT2D eigenvalue weighted by molar-refractivity contribution is 5.77. The lowest BCUT2D eigenvalue weighted by Gasteiger charge is -2.56. The van der Waals surface area contributed by atoms with Gasteiger partial charge >= 0.3 is 5.97 Å². The summed E-state index contributed by atoms with van der Waals surface area (Å²) < 4.78 is 5.20. The second kappa shape index (κ2) is 5.50. The van der Waals surface area contributed by atoms with Crippen molar-refractivity contribution in [3.05, 3.63) is 23.8 Å². The number of fused-ring (bicyclic) bond motifs is 2. The van der Waals surface area contributed by atoms with Crippen LogP contribution in [0.5, 0.6) is 0 Å². The fourth-order valence-electron chi connectivity index (χ4n) is 6.04. The maximum absolute atomic E-state index is 12.5. The van der Waals surface area contributed by atoms with E-state index in [0.29, 0.717) is 5.92 Å². The molecule has 2 nitrogen and oxygen atoms in total. The van der Waals surface area contributed by atoms with E-state index in [-0.39, 0.29) is 22.2 Å². The van der Waals surface area contributed by atoms with E-state index < -0.39 is 0 Å². The first-order valence-corrected chi connectivity index (χ1v) is 9.22. The van der Waals surface area contributed by atoms with Gasteiger partial charge in [0.05, 0.1) is 12.5 Å². The van der Waals surface area contributed by atoms with Crippen LogP contribution in [0, 0.1) is 22.2 Å². The third kappa shape index (κ3) is 2.40. The maximum atomic E-state index is 12.5. The smallest absolute Gasteiger partial charge is 0.311 e. The number of carbonyl (C=O) groups excluding carboxylic acids is 1. The van der Waals surface area contributed by atoms with E-state index in [1.165, 1.54) is 25.7 Å². The summed E-state index contributed by atoms with van der Waals surface area (Å²) in [6.07, 6.45) is 11.3. The van der Waals surface area contributed by atoms with Crippen LogP contribution in [-0.4, -0.2) is 13.1 Å². The summed E-state index contributed by atoms with van der Waals surface area (Å²) >= 11 is 0. The topological polar surface area (TPSA) is 26.3 Å². The zero-order valence-electron chi connectivity index (χ0n) is 15.3. The number of methoxy groups -OCH3 is 1. The van der Waals surface area contributed by atoms with Crippen molar-refractivity contribution in [2.75, 3.05) is 7.11 Å². The molecule has 3 rings (SSSR count). The van der Waals surface area contributed by atoms with Gasteiger partial charge in [-0.3, -0.25) is 4.79 Å². The van der Waals surface area contributed by atoms with Gasteiger partial charge in [-0.1, -0.05) is 37.5 Å². The van der Waals surface area contributed by atoms with Crippen molar-refractivity contribution < 1.29 is 9.53 Å². The van der Waals surface area contributed by atoms with E-state index in [1.807, 2.05) is 0 Å². The molecule has 0 unspecified atom stereocenters. The Labute approximate surface area is 141 Å². The van der Waals surface area contributed by atoms with Crippen LogP contribution in [0.2, 0.25) is 0 Å². The Hall–Kier alpha value is -1.05.